The Kier molecular flexibility index (Phi) is 6.66. The fraction of sp³-hybridized carbons (Fsp3) is 0.0435. The Labute approximate surface area is 180 Å². The Morgan fingerprint density at radius 3 is 2.43 bits per heavy atom. The van der Waals surface area contributed by atoms with E-state index in [0.29, 0.717) is 23.3 Å². The molecule has 0 unspecified atom stereocenters. The molecule has 0 aliphatic rings. The molecule has 0 atom stereocenters. The third-order valence-corrected chi connectivity index (χ3v) is 5.15. The number of nitriles is 2. The van der Waals surface area contributed by atoms with E-state index in [2.05, 4.69) is 44.0 Å². The highest BCUT2D eigenvalue weighted by Crippen LogP contribution is 2.29. The molecule has 3 nitrogen and oxygen atoms in total. The van der Waals surface area contributed by atoms with Crippen LogP contribution < -0.4 is 4.74 Å². The van der Waals surface area contributed by atoms with E-state index in [1.54, 1.807) is 24.3 Å². The van der Waals surface area contributed by atoms with Crippen LogP contribution in [0.1, 0.15) is 22.3 Å². The van der Waals surface area contributed by atoms with E-state index < -0.39 is 0 Å². The van der Waals surface area contributed by atoms with Crippen LogP contribution >= 0.6 is 31.9 Å². The quantitative estimate of drug-likeness (QED) is 0.292. The van der Waals surface area contributed by atoms with Gasteiger partial charge in [-0.25, -0.2) is 0 Å². The van der Waals surface area contributed by atoms with E-state index in [9.17, 15) is 5.26 Å². The van der Waals surface area contributed by atoms with Gasteiger partial charge in [-0.1, -0.05) is 46.3 Å². The first-order valence-corrected chi connectivity index (χ1v) is 9.97. The molecule has 0 saturated heterocycles. The standard InChI is InChI=1S/C23H14Br2N2O/c24-21-7-4-16(5-8-21)15-28-23-9-6-17(12-22(23)25)10-20(14-27)19-3-1-2-18(11-19)13-26/h1-12H,15H2/b20-10-. The lowest BCUT2D eigenvalue weighted by atomic mass is 10.0. The largest absolute Gasteiger partial charge is 0.488 e. The van der Waals surface area contributed by atoms with E-state index in [0.717, 1.165) is 25.8 Å². The van der Waals surface area contributed by atoms with Crippen LogP contribution in [0.4, 0.5) is 0 Å². The Balaban J connectivity index is 1.78. The molecule has 0 spiro atoms. The Bertz CT molecular complexity index is 1110. The fourth-order valence-electron chi connectivity index (χ4n) is 2.57. The van der Waals surface area contributed by atoms with Gasteiger partial charge in [0, 0.05) is 4.47 Å². The second kappa shape index (κ2) is 9.37. The second-order valence-corrected chi connectivity index (χ2v) is 7.74. The van der Waals surface area contributed by atoms with Crippen LogP contribution in [-0.2, 0) is 6.61 Å². The monoisotopic (exact) mass is 492 g/mol. The summed E-state index contributed by atoms with van der Waals surface area (Å²) in [5.74, 6) is 0.727. The zero-order valence-electron chi connectivity index (χ0n) is 14.7. The number of ether oxygens (including phenoxy) is 1. The summed E-state index contributed by atoms with van der Waals surface area (Å²) in [7, 11) is 0. The van der Waals surface area contributed by atoms with Crippen molar-refractivity contribution in [2.24, 2.45) is 0 Å². The third-order valence-electron chi connectivity index (χ3n) is 4.00. The molecule has 0 radical (unpaired) electrons. The van der Waals surface area contributed by atoms with Crippen molar-refractivity contribution in [2.75, 3.05) is 0 Å². The lowest BCUT2D eigenvalue weighted by Crippen LogP contribution is -1.96. The molecule has 28 heavy (non-hydrogen) atoms. The Hall–Kier alpha value is -2.86. The topological polar surface area (TPSA) is 56.8 Å². The number of nitrogens with zero attached hydrogens (tertiary/aromatic N) is 2. The number of hydrogen-bond donors (Lipinski definition) is 0. The van der Waals surface area contributed by atoms with Crippen LogP contribution in [0.3, 0.4) is 0 Å². The smallest absolute Gasteiger partial charge is 0.134 e. The molecular weight excluding hydrogens is 480 g/mol. The first kappa shape index (κ1) is 19.9. The molecule has 3 aromatic carbocycles. The van der Waals surface area contributed by atoms with Crippen molar-refractivity contribution in [1.29, 1.82) is 10.5 Å². The summed E-state index contributed by atoms with van der Waals surface area (Å²) in [5, 5.41) is 18.6. The lowest BCUT2D eigenvalue weighted by molar-refractivity contribution is 0.304. The van der Waals surface area contributed by atoms with E-state index >= 15 is 0 Å². The zero-order chi connectivity index (χ0) is 19.9. The summed E-state index contributed by atoms with van der Waals surface area (Å²) in [6, 6.07) is 24.9. The van der Waals surface area contributed by atoms with Gasteiger partial charge in [0.1, 0.15) is 12.4 Å². The molecule has 0 amide bonds. The number of rotatable bonds is 5. The van der Waals surface area contributed by atoms with Crippen molar-refractivity contribution >= 4 is 43.5 Å². The zero-order valence-corrected chi connectivity index (χ0v) is 17.9. The summed E-state index contributed by atoms with van der Waals surface area (Å²) < 4.78 is 7.72. The van der Waals surface area contributed by atoms with Crippen LogP contribution in [0, 0.1) is 22.7 Å². The van der Waals surface area contributed by atoms with E-state index in [1.807, 2.05) is 48.5 Å². The van der Waals surface area contributed by atoms with Crippen LogP contribution in [0.2, 0.25) is 0 Å². The molecule has 136 valence electrons. The number of halogens is 2. The molecular formula is C23H14Br2N2O. The van der Waals surface area contributed by atoms with Crippen molar-refractivity contribution < 1.29 is 4.74 Å². The van der Waals surface area contributed by atoms with Crippen molar-refractivity contribution in [3.05, 3.63) is 97.9 Å². The van der Waals surface area contributed by atoms with Crippen LogP contribution in [-0.4, -0.2) is 0 Å². The van der Waals surface area contributed by atoms with E-state index in [4.69, 9.17) is 10.00 Å². The molecule has 0 N–H and O–H groups in total. The SMILES string of the molecule is N#C/C(=C/c1ccc(OCc2ccc(Br)cc2)c(Br)c1)c1cccc(C#N)c1. The highest BCUT2D eigenvalue weighted by Gasteiger charge is 2.06. The normalized spacial score (nSPS) is 10.8. The average Bonchev–Trinajstić information content (AvgIpc) is 2.72. The van der Waals surface area contributed by atoms with E-state index in [-0.39, 0.29) is 0 Å². The van der Waals surface area contributed by atoms with Crippen molar-refractivity contribution in [2.45, 2.75) is 6.61 Å². The minimum absolute atomic E-state index is 0.464. The summed E-state index contributed by atoms with van der Waals surface area (Å²) in [4.78, 5) is 0. The third kappa shape index (κ3) is 5.10. The van der Waals surface area contributed by atoms with Crippen molar-refractivity contribution in [3.8, 4) is 17.9 Å². The first-order chi connectivity index (χ1) is 13.6. The van der Waals surface area contributed by atoms with Gasteiger partial charge in [-0.05, 0) is 75.1 Å². The Morgan fingerprint density at radius 2 is 1.75 bits per heavy atom. The van der Waals surface area contributed by atoms with Gasteiger partial charge >= 0.3 is 0 Å². The summed E-state index contributed by atoms with van der Waals surface area (Å²) in [6.07, 6.45) is 1.79. The number of hydrogen-bond acceptors (Lipinski definition) is 3. The van der Waals surface area contributed by atoms with Crippen molar-refractivity contribution in [1.82, 2.24) is 0 Å². The molecule has 0 bridgehead atoms. The summed E-state index contributed by atoms with van der Waals surface area (Å²) >= 11 is 6.95. The molecule has 3 aromatic rings. The molecule has 0 heterocycles. The molecule has 0 saturated carbocycles. The minimum Gasteiger partial charge on any atom is -0.488 e. The van der Waals surface area contributed by atoms with Gasteiger partial charge < -0.3 is 4.74 Å². The molecule has 0 fully saturated rings. The lowest BCUT2D eigenvalue weighted by Gasteiger charge is -2.09. The number of benzene rings is 3. The van der Waals surface area contributed by atoms with Crippen molar-refractivity contribution in [3.63, 3.8) is 0 Å². The first-order valence-electron chi connectivity index (χ1n) is 8.38. The van der Waals surface area contributed by atoms with Crippen LogP contribution in [0.25, 0.3) is 11.6 Å². The highest BCUT2D eigenvalue weighted by molar-refractivity contribution is 9.10. The maximum atomic E-state index is 9.52. The molecule has 0 aliphatic heterocycles. The van der Waals surface area contributed by atoms with Gasteiger partial charge in [0.25, 0.3) is 0 Å². The second-order valence-electron chi connectivity index (χ2n) is 5.97. The molecule has 0 aliphatic carbocycles. The fourth-order valence-corrected chi connectivity index (χ4v) is 3.34. The van der Waals surface area contributed by atoms with Gasteiger partial charge in [-0.2, -0.15) is 10.5 Å². The molecule has 3 rings (SSSR count). The van der Waals surface area contributed by atoms with Gasteiger partial charge in [-0.3, -0.25) is 0 Å². The van der Waals surface area contributed by atoms with Gasteiger partial charge in [0.2, 0.25) is 0 Å². The van der Waals surface area contributed by atoms with Gasteiger partial charge in [0.15, 0.2) is 0 Å². The highest BCUT2D eigenvalue weighted by atomic mass is 79.9. The maximum absolute atomic E-state index is 9.52. The van der Waals surface area contributed by atoms with Gasteiger partial charge in [-0.15, -0.1) is 0 Å². The van der Waals surface area contributed by atoms with Crippen LogP contribution in [0.5, 0.6) is 5.75 Å². The number of allylic oxidation sites excluding steroid dienone is 1. The minimum atomic E-state index is 0.464. The van der Waals surface area contributed by atoms with E-state index in [1.165, 1.54) is 0 Å². The summed E-state index contributed by atoms with van der Waals surface area (Å²) in [6.45, 7) is 0.464. The predicted octanol–water partition coefficient (Wildman–Crippen LogP) is 6.73. The Morgan fingerprint density at radius 1 is 0.964 bits per heavy atom. The predicted molar refractivity (Wildman–Crippen MR) is 117 cm³/mol. The van der Waals surface area contributed by atoms with Crippen LogP contribution in [0.15, 0.2) is 75.7 Å². The summed E-state index contributed by atoms with van der Waals surface area (Å²) in [5.41, 5.74) is 3.67. The molecule has 0 aromatic heterocycles. The average molecular weight is 494 g/mol. The maximum Gasteiger partial charge on any atom is 0.134 e. The van der Waals surface area contributed by atoms with Gasteiger partial charge in [0.05, 0.1) is 27.7 Å². The molecule has 5 heteroatoms.